The molecule has 3 aromatic rings. The molecule has 0 radical (unpaired) electrons. The number of thioether (sulfide) groups is 1. The van der Waals surface area contributed by atoms with Crippen LogP contribution in [-0.4, -0.2) is 50.5 Å². The fourth-order valence-electron chi connectivity index (χ4n) is 4.05. The van der Waals surface area contributed by atoms with Crippen molar-refractivity contribution in [3.05, 3.63) is 64.5 Å². The molecule has 1 aliphatic rings. The third-order valence-corrected chi connectivity index (χ3v) is 6.95. The normalized spacial score (nSPS) is 14.8. The first-order valence-corrected chi connectivity index (χ1v) is 11.9. The lowest BCUT2D eigenvalue weighted by Crippen LogP contribution is -2.46. The van der Waals surface area contributed by atoms with Crippen LogP contribution < -0.4 is 15.3 Å². The zero-order valence-electron chi connectivity index (χ0n) is 18.3. The molecule has 0 spiro atoms. The maximum atomic E-state index is 11.6. The molecule has 1 saturated heterocycles. The van der Waals surface area contributed by atoms with E-state index in [1.807, 2.05) is 36.9 Å². The molecule has 4 rings (SSSR count). The van der Waals surface area contributed by atoms with Crippen LogP contribution in [0.3, 0.4) is 0 Å². The highest BCUT2D eigenvalue weighted by molar-refractivity contribution is 7.99. The minimum atomic E-state index is -0.278. The predicted octanol–water partition coefficient (Wildman–Crippen LogP) is 4.80. The second kappa shape index (κ2) is 10.2. The third-order valence-electron chi connectivity index (χ3n) is 5.87. The van der Waals surface area contributed by atoms with Crippen LogP contribution in [0.1, 0.15) is 18.4 Å². The number of hydrogen-bond donors (Lipinski definition) is 0. The smallest absolute Gasteiger partial charge is 0.336 e. The SMILES string of the molecule is COc1ccc(N2CCN(CCCCSc3ccc4c(C)cc(=O)oc4c3)CC2)cc1. The number of aryl methyl sites for hydroxylation is 1. The molecule has 2 aromatic carbocycles. The van der Waals surface area contributed by atoms with Gasteiger partial charge in [0.05, 0.1) is 7.11 Å². The van der Waals surface area contributed by atoms with Gasteiger partial charge in [0.1, 0.15) is 11.3 Å². The lowest BCUT2D eigenvalue weighted by molar-refractivity contribution is 0.254. The molecule has 0 aliphatic carbocycles. The molecule has 2 heterocycles. The quantitative estimate of drug-likeness (QED) is 0.286. The molecule has 0 N–H and O–H groups in total. The lowest BCUT2D eigenvalue weighted by atomic mass is 10.1. The topological polar surface area (TPSA) is 45.9 Å². The molecule has 0 saturated carbocycles. The van der Waals surface area contributed by atoms with E-state index in [4.69, 9.17) is 9.15 Å². The Kier molecular flexibility index (Phi) is 7.20. The van der Waals surface area contributed by atoms with Crippen molar-refractivity contribution in [2.75, 3.05) is 50.5 Å². The molecule has 0 bridgehead atoms. The van der Waals surface area contributed by atoms with Gasteiger partial charge in [-0.05, 0) is 80.1 Å². The summed E-state index contributed by atoms with van der Waals surface area (Å²) in [6, 6.07) is 16.1. The molecule has 1 fully saturated rings. The Morgan fingerprint density at radius 1 is 1.00 bits per heavy atom. The van der Waals surface area contributed by atoms with E-state index in [-0.39, 0.29) is 5.63 Å². The molecule has 6 heteroatoms. The highest BCUT2D eigenvalue weighted by Gasteiger charge is 2.16. The predicted molar refractivity (Wildman–Crippen MR) is 129 cm³/mol. The van der Waals surface area contributed by atoms with Crippen LogP contribution in [-0.2, 0) is 0 Å². The highest BCUT2D eigenvalue weighted by atomic mass is 32.2. The molecule has 0 amide bonds. The van der Waals surface area contributed by atoms with Gasteiger partial charge in [-0.2, -0.15) is 0 Å². The van der Waals surface area contributed by atoms with Crippen LogP contribution in [0.4, 0.5) is 5.69 Å². The Bertz CT molecular complexity index is 1060. The Labute approximate surface area is 188 Å². The van der Waals surface area contributed by atoms with Gasteiger partial charge >= 0.3 is 5.63 Å². The number of unbranched alkanes of at least 4 members (excludes halogenated alkanes) is 1. The largest absolute Gasteiger partial charge is 0.497 e. The Morgan fingerprint density at radius 2 is 1.77 bits per heavy atom. The summed E-state index contributed by atoms with van der Waals surface area (Å²) in [5.41, 5.74) is 2.65. The molecule has 0 atom stereocenters. The van der Waals surface area contributed by atoms with Crippen molar-refractivity contribution in [1.29, 1.82) is 0 Å². The van der Waals surface area contributed by atoms with E-state index in [0.717, 1.165) is 60.1 Å². The van der Waals surface area contributed by atoms with Crippen molar-refractivity contribution in [2.45, 2.75) is 24.7 Å². The summed E-state index contributed by atoms with van der Waals surface area (Å²) in [7, 11) is 1.70. The molecule has 164 valence electrons. The Hall–Kier alpha value is -2.44. The summed E-state index contributed by atoms with van der Waals surface area (Å²) in [5.74, 6) is 1.98. The van der Waals surface area contributed by atoms with Crippen molar-refractivity contribution in [2.24, 2.45) is 0 Å². The fourth-order valence-corrected chi connectivity index (χ4v) is 4.98. The molecule has 1 aromatic heterocycles. The van der Waals surface area contributed by atoms with Crippen molar-refractivity contribution >= 4 is 28.4 Å². The van der Waals surface area contributed by atoms with Crippen LogP contribution in [0.5, 0.6) is 5.75 Å². The van der Waals surface area contributed by atoms with Crippen molar-refractivity contribution in [3.63, 3.8) is 0 Å². The number of piperazine rings is 1. The second-order valence-electron chi connectivity index (χ2n) is 7.99. The van der Waals surface area contributed by atoms with Gasteiger partial charge < -0.3 is 14.1 Å². The summed E-state index contributed by atoms with van der Waals surface area (Å²) in [5, 5.41) is 1.01. The van der Waals surface area contributed by atoms with Crippen LogP contribution in [0, 0.1) is 6.92 Å². The summed E-state index contributed by atoms with van der Waals surface area (Å²) in [4.78, 5) is 17.8. The molecular formula is C25H30N2O3S. The third kappa shape index (κ3) is 5.63. The van der Waals surface area contributed by atoms with Crippen molar-refractivity contribution < 1.29 is 9.15 Å². The van der Waals surface area contributed by atoms with Gasteiger partial charge in [0.15, 0.2) is 0 Å². The molecular weight excluding hydrogens is 408 g/mol. The van der Waals surface area contributed by atoms with E-state index >= 15 is 0 Å². The van der Waals surface area contributed by atoms with Gasteiger partial charge in [0.25, 0.3) is 0 Å². The molecule has 31 heavy (non-hydrogen) atoms. The minimum Gasteiger partial charge on any atom is -0.497 e. The van der Waals surface area contributed by atoms with E-state index in [0.29, 0.717) is 5.58 Å². The number of benzene rings is 2. The Morgan fingerprint density at radius 3 is 2.52 bits per heavy atom. The van der Waals surface area contributed by atoms with E-state index in [1.54, 1.807) is 13.2 Å². The number of methoxy groups -OCH3 is 1. The van der Waals surface area contributed by atoms with E-state index in [1.165, 1.54) is 18.5 Å². The molecule has 1 aliphatic heterocycles. The van der Waals surface area contributed by atoms with E-state index in [2.05, 4.69) is 34.1 Å². The van der Waals surface area contributed by atoms with Crippen LogP contribution in [0.15, 0.2) is 62.6 Å². The summed E-state index contributed by atoms with van der Waals surface area (Å²) in [6.07, 6.45) is 2.39. The number of hydrogen-bond acceptors (Lipinski definition) is 6. The standard InChI is InChI=1S/C25H30N2O3S/c1-19-17-25(28)30-24-18-22(9-10-23(19)24)31-16-4-3-11-26-12-14-27(15-13-26)20-5-7-21(29-2)8-6-20/h5-10,17-18H,3-4,11-16H2,1-2H3. The number of nitrogens with zero attached hydrogens (tertiary/aromatic N) is 2. The number of ether oxygens (including phenoxy) is 1. The van der Waals surface area contributed by atoms with Crippen LogP contribution in [0.25, 0.3) is 11.0 Å². The van der Waals surface area contributed by atoms with Gasteiger partial charge in [-0.15, -0.1) is 11.8 Å². The number of anilines is 1. The summed E-state index contributed by atoms with van der Waals surface area (Å²) in [6.45, 7) is 7.47. The van der Waals surface area contributed by atoms with Crippen molar-refractivity contribution in [1.82, 2.24) is 4.90 Å². The van der Waals surface area contributed by atoms with Gasteiger partial charge in [-0.3, -0.25) is 4.90 Å². The summed E-state index contributed by atoms with van der Waals surface area (Å²) >= 11 is 1.84. The Balaban J connectivity index is 1.17. The van der Waals surface area contributed by atoms with Gasteiger partial charge in [-0.25, -0.2) is 4.79 Å². The summed E-state index contributed by atoms with van der Waals surface area (Å²) < 4.78 is 10.6. The van der Waals surface area contributed by atoms with Gasteiger partial charge in [-0.1, -0.05) is 0 Å². The average molecular weight is 439 g/mol. The minimum absolute atomic E-state index is 0.278. The second-order valence-corrected chi connectivity index (χ2v) is 9.16. The van der Waals surface area contributed by atoms with Gasteiger partial charge in [0.2, 0.25) is 0 Å². The first-order chi connectivity index (χ1) is 15.1. The number of fused-ring (bicyclic) bond motifs is 1. The van der Waals surface area contributed by atoms with E-state index in [9.17, 15) is 4.79 Å². The van der Waals surface area contributed by atoms with Crippen LogP contribution in [0.2, 0.25) is 0 Å². The van der Waals surface area contributed by atoms with Crippen LogP contribution >= 0.6 is 11.8 Å². The fraction of sp³-hybridized carbons (Fsp3) is 0.400. The van der Waals surface area contributed by atoms with Crippen molar-refractivity contribution in [3.8, 4) is 5.75 Å². The monoisotopic (exact) mass is 438 g/mol. The molecule has 0 unspecified atom stereocenters. The zero-order valence-corrected chi connectivity index (χ0v) is 19.1. The van der Waals surface area contributed by atoms with Gasteiger partial charge in [0, 0.05) is 48.2 Å². The first kappa shape index (κ1) is 21.8. The maximum absolute atomic E-state index is 11.6. The van der Waals surface area contributed by atoms with E-state index < -0.39 is 0 Å². The number of rotatable bonds is 8. The maximum Gasteiger partial charge on any atom is 0.336 e. The highest BCUT2D eigenvalue weighted by Crippen LogP contribution is 2.25. The lowest BCUT2D eigenvalue weighted by Gasteiger charge is -2.36. The molecule has 5 nitrogen and oxygen atoms in total. The average Bonchev–Trinajstić information content (AvgIpc) is 2.79. The first-order valence-electron chi connectivity index (χ1n) is 10.9. The zero-order chi connectivity index (χ0) is 21.6.